The van der Waals surface area contributed by atoms with Gasteiger partial charge in [-0.3, -0.25) is 0 Å². The Labute approximate surface area is 72.3 Å². The number of carbonyl (C=O) groups excluding carboxylic acids is 1. The third-order valence-corrected chi connectivity index (χ3v) is 0.758. The van der Waals surface area contributed by atoms with Crippen molar-refractivity contribution in [2.75, 3.05) is 0 Å². The normalized spacial score (nSPS) is 9.25. The monoisotopic (exact) mass is 168 g/mol. The quantitative estimate of drug-likeness (QED) is 0.272. The van der Waals surface area contributed by atoms with Crippen LogP contribution in [0.15, 0.2) is 12.7 Å². The van der Waals surface area contributed by atoms with Crippen LogP contribution in [0.3, 0.4) is 0 Å². The largest absolute Gasteiger partial charge is 0.379 e. The van der Waals surface area contributed by atoms with Crippen molar-refractivity contribution in [3.8, 4) is 12.0 Å². The van der Waals surface area contributed by atoms with E-state index < -0.39 is 5.97 Å². The van der Waals surface area contributed by atoms with Crippen LogP contribution in [0.25, 0.3) is 0 Å². The van der Waals surface area contributed by atoms with Gasteiger partial charge in [-0.25, -0.2) is 14.6 Å². The summed E-state index contributed by atoms with van der Waals surface area (Å²) < 4.78 is 0. The molecule has 0 rings (SSSR count). The fourth-order valence-electron chi connectivity index (χ4n) is 0.270. The fraction of sp³-hybridized carbons (Fsp3) is 0.444. The summed E-state index contributed by atoms with van der Waals surface area (Å²) in [5, 5.41) is 0. The molecule has 0 bridgehead atoms. The third-order valence-electron chi connectivity index (χ3n) is 0.758. The van der Waals surface area contributed by atoms with Crippen LogP contribution in [-0.4, -0.2) is 5.97 Å². The number of hydrogen-bond donors (Lipinski definition) is 0. The zero-order chi connectivity index (χ0) is 9.61. The van der Waals surface area contributed by atoms with Gasteiger partial charge < -0.3 is 0 Å². The second kappa shape index (κ2) is 4.45. The van der Waals surface area contributed by atoms with Crippen LogP contribution in [0.5, 0.6) is 0 Å². The Hall–Kier alpha value is -1.43. The molecular formula is C9H12O3. The minimum Gasteiger partial charge on any atom is -0.242 e. The van der Waals surface area contributed by atoms with Crippen molar-refractivity contribution in [3.05, 3.63) is 12.7 Å². The lowest BCUT2D eigenvalue weighted by Gasteiger charge is -2.05. The lowest BCUT2D eigenvalue weighted by molar-refractivity contribution is -0.224. The Morgan fingerprint density at radius 1 is 1.50 bits per heavy atom. The van der Waals surface area contributed by atoms with Gasteiger partial charge in [0.15, 0.2) is 6.11 Å². The highest BCUT2D eigenvalue weighted by Crippen LogP contribution is 2.09. The SMILES string of the molecule is C=CC(=O)OOC#CC(C)(C)C. The Balaban J connectivity index is 3.74. The highest BCUT2D eigenvalue weighted by Gasteiger charge is 2.04. The molecule has 0 heterocycles. The van der Waals surface area contributed by atoms with Gasteiger partial charge in [-0.05, 0) is 26.7 Å². The first-order chi connectivity index (χ1) is 5.45. The van der Waals surface area contributed by atoms with Gasteiger partial charge in [0.2, 0.25) is 0 Å². The molecule has 0 amide bonds. The molecule has 3 nitrogen and oxygen atoms in total. The Morgan fingerprint density at radius 3 is 2.50 bits per heavy atom. The molecule has 0 aromatic heterocycles. The summed E-state index contributed by atoms with van der Waals surface area (Å²) in [6, 6.07) is 0. The van der Waals surface area contributed by atoms with Crippen molar-refractivity contribution in [3.63, 3.8) is 0 Å². The van der Waals surface area contributed by atoms with E-state index in [9.17, 15) is 4.79 Å². The molecule has 3 heteroatoms. The van der Waals surface area contributed by atoms with Gasteiger partial charge >= 0.3 is 5.97 Å². The summed E-state index contributed by atoms with van der Waals surface area (Å²) >= 11 is 0. The van der Waals surface area contributed by atoms with E-state index >= 15 is 0 Å². The number of carbonyl (C=O) groups is 1. The molecule has 0 aromatic rings. The molecule has 0 unspecified atom stereocenters. The zero-order valence-electron chi connectivity index (χ0n) is 7.51. The molecule has 0 aliphatic carbocycles. The summed E-state index contributed by atoms with van der Waals surface area (Å²) in [7, 11) is 0. The second-order valence-corrected chi connectivity index (χ2v) is 3.17. The van der Waals surface area contributed by atoms with Crippen LogP contribution >= 0.6 is 0 Å². The first-order valence-electron chi connectivity index (χ1n) is 3.48. The topological polar surface area (TPSA) is 35.5 Å². The average Bonchev–Trinajstić information content (AvgIpc) is 1.96. The van der Waals surface area contributed by atoms with Crippen molar-refractivity contribution in [1.82, 2.24) is 0 Å². The van der Waals surface area contributed by atoms with Gasteiger partial charge in [0, 0.05) is 11.5 Å². The van der Waals surface area contributed by atoms with E-state index in [0.29, 0.717) is 0 Å². The second-order valence-electron chi connectivity index (χ2n) is 3.17. The van der Waals surface area contributed by atoms with Gasteiger partial charge in [0.25, 0.3) is 0 Å². The van der Waals surface area contributed by atoms with Crippen molar-refractivity contribution in [2.45, 2.75) is 20.8 Å². The zero-order valence-corrected chi connectivity index (χ0v) is 7.51. The predicted molar refractivity (Wildman–Crippen MR) is 44.6 cm³/mol. The smallest absolute Gasteiger partial charge is 0.242 e. The van der Waals surface area contributed by atoms with Gasteiger partial charge in [0.1, 0.15) is 0 Å². The summed E-state index contributed by atoms with van der Waals surface area (Å²) in [5.41, 5.74) is -0.166. The standard InChI is InChI=1S/C9H12O3/c1-5-8(10)12-11-7-6-9(2,3)4/h5H,1H2,2-4H3. The van der Waals surface area contributed by atoms with E-state index in [-0.39, 0.29) is 5.41 Å². The molecule has 0 saturated carbocycles. The molecule has 0 aliphatic heterocycles. The van der Waals surface area contributed by atoms with E-state index in [2.05, 4.69) is 28.4 Å². The maximum absolute atomic E-state index is 10.4. The summed E-state index contributed by atoms with van der Waals surface area (Å²) in [4.78, 5) is 18.8. The Morgan fingerprint density at radius 2 is 2.08 bits per heavy atom. The molecule has 0 saturated heterocycles. The first-order valence-corrected chi connectivity index (χ1v) is 3.48. The third kappa shape index (κ3) is 6.69. The van der Waals surface area contributed by atoms with Crippen LogP contribution < -0.4 is 0 Å². The van der Waals surface area contributed by atoms with Crippen LogP contribution in [0.4, 0.5) is 0 Å². The molecule has 0 atom stereocenters. The predicted octanol–water partition coefficient (Wildman–Crippen LogP) is 1.65. The summed E-state index contributed by atoms with van der Waals surface area (Å²) in [6.07, 6.45) is 3.25. The minimum absolute atomic E-state index is 0.166. The van der Waals surface area contributed by atoms with Gasteiger partial charge in [0.05, 0.1) is 0 Å². The van der Waals surface area contributed by atoms with Gasteiger partial charge in [-0.1, -0.05) is 6.58 Å². The molecular weight excluding hydrogens is 156 g/mol. The molecule has 0 spiro atoms. The molecule has 0 aromatic carbocycles. The van der Waals surface area contributed by atoms with E-state index in [0.717, 1.165) is 6.08 Å². The highest BCUT2D eigenvalue weighted by atomic mass is 17.2. The maximum atomic E-state index is 10.4. The highest BCUT2D eigenvalue weighted by molar-refractivity contribution is 5.80. The molecule has 12 heavy (non-hydrogen) atoms. The van der Waals surface area contributed by atoms with Crippen LogP contribution in [0.1, 0.15) is 20.8 Å². The fourth-order valence-corrected chi connectivity index (χ4v) is 0.270. The Kier molecular flexibility index (Phi) is 3.92. The van der Waals surface area contributed by atoms with Crippen molar-refractivity contribution < 1.29 is 14.6 Å². The van der Waals surface area contributed by atoms with Crippen molar-refractivity contribution >= 4 is 5.97 Å². The van der Waals surface area contributed by atoms with Crippen LogP contribution in [-0.2, 0) is 14.6 Å². The van der Waals surface area contributed by atoms with Crippen molar-refractivity contribution in [1.29, 1.82) is 0 Å². The molecule has 0 N–H and O–H groups in total. The molecule has 0 aliphatic rings. The van der Waals surface area contributed by atoms with E-state index in [1.807, 2.05) is 20.8 Å². The summed E-state index contributed by atoms with van der Waals surface area (Å²) in [6.45, 7) is 8.93. The van der Waals surface area contributed by atoms with E-state index in [1.54, 1.807) is 0 Å². The molecule has 66 valence electrons. The van der Waals surface area contributed by atoms with E-state index in [1.165, 1.54) is 0 Å². The number of rotatable bonds is 2. The molecule has 0 fully saturated rings. The first kappa shape index (κ1) is 10.6. The van der Waals surface area contributed by atoms with Gasteiger partial charge in [-0.15, -0.1) is 0 Å². The summed E-state index contributed by atoms with van der Waals surface area (Å²) in [5.74, 6) is 2.06. The average molecular weight is 168 g/mol. The molecule has 0 radical (unpaired) electrons. The lowest BCUT2D eigenvalue weighted by Crippen LogP contribution is -2.01. The van der Waals surface area contributed by atoms with E-state index in [4.69, 9.17) is 0 Å². The minimum atomic E-state index is -0.654. The van der Waals surface area contributed by atoms with Crippen LogP contribution in [0, 0.1) is 17.4 Å². The Bertz CT molecular complexity index is 224. The number of hydrogen-bond acceptors (Lipinski definition) is 3. The van der Waals surface area contributed by atoms with Crippen molar-refractivity contribution in [2.24, 2.45) is 5.41 Å². The maximum Gasteiger partial charge on any atom is 0.379 e. The lowest BCUT2D eigenvalue weighted by atomic mass is 9.99. The van der Waals surface area contributed by atoms with Gasteiger partial charge in [-0.2, -0.15) is 0 Å². The van der Waals surface area contributed by atoms with Crippen LogP contribution in [0.2, 0.25) is 0 Å².